The predicted octanol–water partition coefficient (Wildman–Crippen LogP) is 4.55. The second-order valence-corrected chi connectivity index (χ2v) is 6.89. The third kappa shape index (κ3) is 3.49. The van der Waals surface area contributed by atoms with E-state index in [9.17, 15) is 4.79 Å². The van der Waals surface area contributed by atoms with Gasteiger partial charge >= 0.3 is 0 Å². The number of carbonyl (C=O) groups excluding carboxylic acids is 1. The second kappa shape index (κ2) is 7.58. The number of carbonyl (C=O) groups is 1. The van der Waals surface area contributed by atoms with Gasteiger partial charge < -0.3 is 10.5 Å². The van der Waals surface area contributed by atoms with Crippen molar-refractivity contribution in [2.75, 3.05) is 6.61 Å². The molecule has 1 heterocycles. The van der Waals surface area contributed by atoms with Crippen LogP contribution in [0.1, 0.15) is 36.1 Å². The minimum absolute atomic E-state index is 0.0643. The van der Waals surface area contributed by atoms with Gasteiger partial charge in [-0.2, -0.15) is 0 Å². The number of unbranched alkanes of at least 4 members (excludes halogenated alkanes) is 1. The van der Waals surface area contributed by atoms with Crippen molar-refractivity contribution in [2.24, 2.45) is 5.73 Å². The first-order chi connectivity index (χ1) is 11.7. The van der Waals surface area contributed by atoms with Crippen molar-refractivity contribution in [3.63, 3.8) is 0 Å². The molecule has 1 aliphatic rings. The number of rotatable bonds is 6. The standard InChI is InChI=1S/C20H21NO2S/c1-2-3-12-23-16-11-7-10-15(13-16)17-18(22)19(24-20(17)21)14-8-5-4-6-9-14/h4-11,13,19H,2-3,12,21H2,1H3. The summed E-state index contributed by atoms with van der Waals surface area (Å²) < 4.78 is 5.75. The van der Waals surface area contributed by atoms with E-state index in [1.54, 1.807) is 0 Å². The Kier molecular flexibility index (Phi) is 5.26. The smallest absolute Gasteiger partial charge is 0.183 e. The lowest BCUT2D eigenvalue weighted by Gasteiger charge is -2.10. The van der Waals surface area contributed by atoms with Crippen molar-refractivity contribution in [1.29, 1.82) is 0 Å². The number of allylic oxidation sites excluding steroid dienone is 1. The quantitative estimate of drug-likeness (QED) is 0.785. The van der Waals surface area contributed by atoms with Gasteiger partial charge in [0.15, 0.2) is 5.78 Å². The molecule has 0 amide bonds. The van der Waals surface area contributed by atoms with Crippen molar-refractivity contribution >= 4 is 23.1 Å². The van der Waals surface area contributed by atoms with Crippen LogP contribution in [0, 0.1) is 0 Å². The Morgan fingerprint density at radius 2 is 1.92 bits per heavy atom. The van der Waals surface area contributed by atoms with Crippen LogP contribution in [0.2, 0.25) is 0 Å². The van der Waals surface area contributed by atoms with E-state index in [4.69, 9.17) is 10.5 Å². The zero-order valence-corrected chi connectivity index (χ0v) is 14.5. The van der Waals surface area contributed by atoms with Crippen molar-refractivity contribution < 1.29 is 9.53 Å². The molecular formula is C20H21NO2S. The van der Waals surface area contributed by atoms with Gasteiger partial charge in [-0.3, -0.25) is 4.79 Å². The average Bonchev–Trinajstić information content (AvgIpc) is 2.91. The minimum atomic E-state index is -0.258. The maximum atomic E-state index is 12.9. The number of thioether (sulfide) groups is 1. The lowest BCUT2D eigenvalue weighted by Crippen LogP contribution is -2.07. The fourth-order valence-electron chi connectivity index (χ4n) is 2.70. The van der Waals surface area contributed by atoms with Crippen molar-refractivity contribution in [3.8, 4) is 5.75 Å². The van der Waals surface area contributed by atoms with E-state index in [-0.39, 0.29) is 11.0 Å². The molecule has 3 nitrogen and oxygen atoms in total. The highest BCUT2D eigenvalue weighted by atomic mass is 32.2. The fraction of sp³-hybridized carbons (Fsp3) is 0.250. The molecule has 2 N–H and O–H groups in total. The van der Waals surface area contributed by atoms with E-state index >= 15 is 0 Å². The van der Waals surface area contributed by atoms with Crippen LogP contribution in [0.25, 0.3) is 5.57 Å². The topological polar surface area (TPSA) is 52.3 Å². The van der Waals surface area contributed by atoms with Gasteiger partial charge in [0.1, 0.15) is 5.75 Å². The van der Waals surface area contributed by atoms with Crippen LogP contribution in [0.15, 0.2) is 59.6 Å². The molecule has 0 saturated heterocycles. The molecule has 3 rings (SSSR count). The molecule has 2 aromatic carbocycles. The number of ketones is 1. The summed E-state index contributed by atoms with van der Waals surface area (Å²) in [5, 5.41) is 0.324. The summed E-state index contributed by atoms with van der Waals surface area (Å²) in [4.78, 5) is 12.9. The fourth-order valence-corrected chi connectivity index (χ4v) is 3.81. The summed E-state index contributed by atoms with van der Waals surface area (Å²) in [7, 11) is 0. The summed E-state index contributed by atoms with van der Waals surface area (Å²) in [6.07, 6.45) is 2.10. The molecule has 1 aliphatic heterocycles. The van der Waals surface area contributed by atoms with Crippen LogP contribution in [0.3, 0.4) is 0 Å². The van der Waals surface area contributed by atoms with Crippen LogP contribution in [0.4, 0.5) is 0 Å². The monoisotopic (exact) mass is 339 g/mol. The van der Waals surface area contributed by atoms with Gasteiger partial charge in [-0.1, -0.05) is 67.6 Å². The van der Waals surface area contributed by atoms with E-state index in [1.165, 1.54) is 11.8 Å². The molecule has 0 fully saturated rings. The van der Waals surface area contributed by atoms with E-state index in [0.29, 0.717) is 17.2 Å². The zero-order valence-electron chi connectivity index (χ0n) is 13.7. The van der Waals surface area contributed by atoms with Crippen LogP contribution in [0.5, 0.6) is 5.75 Å². The number of nitrogens with two attached hydrogens (primary N) is 1. The van der Waals surface area contributed by atoms with E-state index < -0.39 is 0 Å². The molecular weight excluding hydrogens is 318 g/mol. The minimum Gasteiger partial charge on any atom is -0.494 e. The first kappa shape index (κ1) is 16.7. The molecule has 0 aromatic heterocycles. The Labute approximate surface area is 146 Å². The Balaban J connectivity index is 1.83. The average molecular weight is 339 g/mol. The van der Waals surface area contributed by atoms with Crippen molar-refractivity contribution in [2.45, 2.75) is 25.0 Å². The SMILES string of the molecule is CCCCOc1cccc(C2=C(N)SC(c3ccccc3)C2=O)c1. The first-order valence-corrected chi connectivity index (χ1v) is 9.07. The van der Waals surface area contributed by atoms with Crippen LogP contribution >= 0.6 is 11.8 Å². The van der Waals surface area contributed by atoms with Gasteiger partial charge in [0.2, 0.25) is 0 Å². The first-order valence-electron chi connectivity index (χ1n) is 8.19. The third-order valence-corrected chi connectivity index (χ3v) is 5.15. The van der Waals surface area contributed by atoms with Crippen molar-refractivity contribution in [3.05, 3.63) is 70.8 Å². The number of benzene rings is 2. The van der Waals surface area contributed by atoms with Gasteiger partial charge in [0, 0.05) is 0 Å². The summed E-state index contributed by atoms with van der Waals surface area (Å²) in [5.74, 6) is 0.844. The Morgan fingerprint density at radius 3 is 2.67 bits per heavy atom. The van der Waals surface area contributed by atoms with Crippen LogP contribution < -0.4 is 10.5 Å². The normalized spacial score (nSPS) is 17.4. The summed E-state index contributed by atoms with van der Waals surface area (Å²) in [6.45, 7) is 2.81. The summed E-state index contributed by atoms with van der Waals surface area (Å²) in [6, 6.07) is 17.4. The van der Waals surface area contributed by atoms with Gasteiger partial charge in [-0.15, -0.1) is 0 Å². The summed E-state index contributed by atoms with van der Waals surface area (Å²) >= 11 is 1.42. The van der Waals surface area contributed by atoms with E-state index in [0.717, 1.165) is 29.7 Å². The molecule has 0 saturated carbocycles. The second-order valence-electron chi connectivity index (χ2n) is 5.74. The van der Waals surface area contributed by atoms with Gasteiger partial charge in [0.05, 0.1) is 22.5 Å². The van der Waals surface area contributed by atoms with Crippen LogP contribution in [-0.4, -0.2) is 12.4 Å². The molecule has 0 radical (unpaired) electrons. The molecule has 124 valence electrons. The highest BCUT2D eigenvalue weighted by molar-refractivity contribution is 8.04. The van der Waals surface area contributed by atoms with Crippen molar-refractivity contribution in [1.82, 2.24) is 0 Å². The number of ether oxygens (including phenoxy) is 1. The number of Topliss-reactive ketones (excluding diaryl/α,β-unsaturated/α-hetero) is 1. The molecule has 2 aromatic rings. The predicted molar refractivity (Wildman–Crippen MR) is 99.7 cm³/mol. The highest BCUT2D eigenvalue weighted by Gasteiger charge is 2.34. The summed E-state index contributed by atoms with van der Waals surface area (Å²) in [5.41, 5.74) is 8.61. The zero-order chi connectivity index (χ0) is 16.9. The van der Waals surface area contributed by atoms with Gasteiger partial charge in [-0.25, -0.2) is 0 Å². The molecule has 1 unspecified atom stereocenters. The lowest BCUT2D eigenvalue weighted by molar-refractivity contribution is -0.113. The van der Waals surface area contributed by atoms with Crippen LogP contribution in [-0.2, 0) is 4.79 Å². The maximum absolute atomic E-state index is 12.9. The molecule has 4 heteroatoms. The largest absolute Gasteiger partial charge is 0.494 e. The number of hydrogen-bond acceptors (Lipinski definition) is 4. The van der Waals surface area contributed by atoms with E-state index in [1.807, 2.05) is 54.6 Å². The lowest BCUT2D eigenvalue weighted by atomic mass is 9.97. The molecule has 0 aliphatic carbocycles. The molecule has 0 spiro atoms. The molecule has 1 atom stereocenters. The van der Waals surface area contributed by atoms with E-state index in [2.05, 4.69) is 6.92 Å². The molecule has 0 bridgehead atoms. The Morgan fingerprint density at radius 1 is 1.12 bits per heavy atom. The van der Waals surface area contributed by atoms with Gasteiger partial charge in [-0.05, 0) is 29.7 Å². The Hall–Kier alpha value is -2.20. The molecule has 24 heavy (non-hydrogen) atoms. The highest BCUT2D eigenvalue weighted by Crippen LogP contribution is 2.46. The third-order valence-electron chi connectivity index (χ3n) is 3.97. The van der Waals surface area contributed by atoms with Gasteiger partial charge in [0.25, 0.3) is 0 Å². The number of hydrogen-bond donors (Lipinski definition) is 1. The maximum Gasteiger partial charge on any atom is 0.183 e. The Bertz CT molecular complexity index is 755.